The molecule has 4 heteroatoms. The number of ether oxygens (including phenoxy) is 1. The average molecular weight is 298 g/mol. The van der Waals surface area contributed by atoms with Gasteiger partial charge in [-0.1, -0.05) is 31.9 Å². The molecule has 0 bridgehead atoms. The van der Waals surface area contributed by atoms with Gasteiger partial charge in [0.05, 0.1) is 12.7 Å². The maximum Gasteiger partial charge on any atom is 0.252 e. The number of aromatic nitrogens is 1. The highest BCUT2D eigenvalue weighted by molar-refractivity contribution is 5.95. The zero-order valence-electron chi connectivity index (χ0n) is 13.1. The van der Waals surface area contributed by atoms with E-state index in [0.29, 0.717) is 12.1 Å². The van der Waals surface area contributed by atoms with Crippen molar-refractivity contribution >= 4 is 5.91 Å². The summed E-state index contributed by atoms with van der Waals surface area (Å²) in [7, 11) is 1.64. The summed E-state index contributed by atoms with van der Waals surface area (Å²) < 4.78 is 5.15. The van der Waals surface area contributed by atoms with Crippen LogP contribution in [0, 0.1) is 0 Å². The Hall–Kier alpha value is -2.36. The minimum Gasteiger partial charge on any atom is -0.497 e. The standard InChI is InChI=1S/C18H22N2O2/c1-3-4-5-10-20-18(21)16-11-15(12-19-13-16)14-6-8-17(22-2)9-7-14/h6-9,11-13H,3-5,10H2,1-2H3,(H,20,21). The fraction of sp³-hybridized carbons (Fsp3) is 0.333. The largest absolute Gasteiger partial charge is 0.497 e. The first-order valence-electron chi connectivity index (χ1n) is 7.62. The highest BCUT2D eigenvalue weighted by Gasteiger charge is 2.07. The molecule has 1 N–H and O–H groups in total. The van der Waals surface area contributed by atoms with Crippen LogP contribution in [0.4, 0.5) is 0 Å². The fourth-order valence-electron chi connectivity index (χ4n) is 2.18. The average Bonchev–Trinajstić information content (AvgIpc) is 2.59. The van der Waals surface area contributed by atoms with E-state index < -0.39 is 0 Å². The molecular weight excluding hydrogens is 276 g/mol. The quantitative estimate of drug-likeness (QED) is 0.793. The van der Waals surface area contributed by atoms with E-state index in [4.69, 9.17) is 4.74 Å². The minimum absolute atomic E-state index is 0.0704. The van der Waals surface area contributed by atoms with E-state index in [1.807, 2.05) is 30.3 Å². The van der Waals surface area contributed by atoms with Gasteiger partial charge < -0.3 is 10.1 Å². The van der Waals surface area contributed by atoms with Crippen molar-refractivity contribution in [1.82, 2.24) is 10.3 Å². The molecule has 22 heavy (non-hydrogen) atoms. The maximum atomic E-state index is 12.1. The number of amides is 1. The topological polar surface area (TPSA) is 51.2 Å². The van der Waals surface area contributed by atoms with Crippen molar-refractivity contribution in [3.8, 4) is 16.9 Å². The lowest BCUT2D eigenvalue weighted by atomic mass is 10.1. The molecule has 0 atom stereocenters. The lowest BCUT2D eigenvalue weighted by Gasteiger charge is -2.07. The van der Waals surface area contributed by atoms with Crippen LogP contribution in [0.25, 0.3) is 11.1 Å². The Bertz CT molecular complexity index is 609. The van der Waals surface area contributed by atoms with Gasteiger partial charge in [-0.2, -0.15) is 0 Å². The van der Waals surface area contributed by atoms with Crippen molar-refractivity contribution in [3.63, 3.8) is 0 Å². The minimum atomic E-state index is -0.0704. The van der Waals surface area contributed by atoms with Gasteiger partial charge in [-0.15, -0.1) is 0 Å². The normalized spacial score (nSPS) is 10.3. The van der Waals surface area contributed by atoms with Gasteiger partial charge in [-0.25, -0.2) is 0 Å². The van der Waals surface area contributed by atoms with Gasteiger partial charge in [0.2, 0.25) is 0 Å². The Morgan fingerprint density at radius 2 is 1.91 bits per heavy atom. The van der Waals surface area contributed by atoms with Crippen molar-refractivity contribution in [2.24, 2.45) is 0 Å². The van der Waals surface area contributed by atoms with E-state index in [2.05, 4.69) is 17.2 Å². The van der Waals surface area contributed by atoms with E-state index in [9.17, 15) is 4.79 Å². The van der Waals surface area contributed by atoms with Gasteiger partial charge in [-0.05, 0) is 30.2 Å². The SMILES string of the molecule is CCCCCNC(=O)c1cncc(-c2ccc(OC)cc2)c1. The van der Waals surface area contributed by atoms with Gasteiger partial charge in [0.15, 0.2) is 0 Å². The first-order valence-corrected chi connectivity index (χ1v) is 7.62. The zero-order chi connectivity index (χ0) is 15.8. The summed E-state index contributed by atoms with van der Waals surface area (Å²) >= 11 is 0. The third kappa shape index (κ3) is 4.32. The summed E-state index contributed by atoms with van der Waals surface area (Å²) in [5, 5.41) is 2.93. The number of carbonyl (C=O) groups excluding carboxylic acids is 1. The fourth-order valence-corrected chi connectivity index (χ4v) is 2.18. The Kier molecular flexibility index (Phi) is 5.95. The number of hydrogen-bond donors (Lipinski definition) is 1. The molecular formula is C18H22N2O2. The third-order valence-corrected chi connectivity index (χ3v) is 3.49. The van der Waals surface area contributed by atoms with Crippen LogP contribution in [0.2, 0.25) is 0 Å². The van der Waals surface area contributed by atoms with Crippen LogP contribution < -0.4 is 10.1 Å². The predicted octanol–water partition coefficient (Wildman–Crippen LogP) is 3.68. The molecule has 0 radical (unpaired) electrons. The summed E-state index contributed by atoms with van der Waals surface area (Å²) in [5.74, 6) is 0.737. The van der Waals surface area contributed by atoms with Gasteiger partial charge in [-0.3, -0.25) is 9.78 Å². The number of rotatable bonds is 7. The Morgan fingerprint density at radius 1 is 1.14 bits per heavy atom. The highest BCUT2D eigenvalue weighted by atomic mass is 16.5. The van der Waals surface area contributed by atoms with Crippen LogP contribution in [0.5, 0.6) is 5.75 Å². The molecule has 1 aromatic carbocycles. The molecule has 0 aliphatic carbocycles. The molecule has 2 rings (SSSR count). The van der Waals surface area contributed by atoms with Crippen LogP contribution >= 0.6 is 0 Å². The molecule has 2 aromatic rings. The first-order chi connectivity index (χ1) is 10.7. The van der Waals surface area contributed by atoms with E-state index in [-0.39, 0.29) is 5.91 Å². The van der Waals surface area contributed by atoms with Gasteiger partial charge in [0.25, 0.3) is 5.91 Å². The maximum absolute atomic E-state index is 12.1. The molecule has 4 nitrogen and oxygen atoms in total. The Balaban J connectivity index is 2.06. The van der Waals surface area contributed by atoms with E-state index in [1.54, 1.807) is 19.5 Å². The van der Waals surface area contributed by atoms with Crippen LogP contribution in [-0.4, -0.2) is 24.5 Å². The molecule has 0 saturated carbocycles. The molecule has 1 heterocycles. The van der Waals surface area contributed by atoms with Crippen molar-refractivity contribution in [1.29, 1.82) is 0 Å². The Labute approximate surface area is 131 Å². The molecule has 0 aliphatic rings. The lowest BCUT2D eigenvalue weighted by molar-refractivity contribution is 0.0952. The van der Waals surface area contributed by atoms with Crippen molar-refractivity contribution in [2.45, 2.75) is 26.2 Å². The summed E-state index contributed by atoms with van der Waals surface area (Å²) in [4.78, 5) is 16.3. The lowest BCUT2D eigenvalue weighted by Crippen LogP contribution is -2.24. The molecule has 0 spiro atoms. The molecule has 116 valence electrons. The van der Waals surface area contributed by atoms with E-state index >= 15 is 0 Å². The number of benzene rings is 1. The van der Waals surface area contributed by atoms with Crippen LogP contribution in [0.3, 0.4) is 0 Å². The summed E-state index contributed by atoms with van der Waals surface area (Å²) in [6, 6.07) is 9.57. The van der Waals surface area contributed by atoms with Gasteiger partial charge in [0.1, 0.15) is 5.75 Å². The second kappa shape index (κ2) is 8.17. The number of unbranched alkanes of at least 4 members (excludes halogenated alkanes) is 2. The van der Waals surface area contributed by atoms with E-state index in [0.717, 1.165) is 36.1 Å². The second-order valence-corrected chi connectivity index (χ2v) is 5.15. The van der Waals surface area contributed by atoms with Crippen LogP contribution in [0.1, 0.15) is 36.5 Å². The van der Waals surface area contributed by atoms with Crippen molar-refractivity contribution in [2.75, 3.05) is 13.7 Å². The number of nitrogens with one attached hydrogen (secondary N) is 1. The van der Waals surface area contributed by atoms with Crippen molar-refractivity contribution in [3.05, 3.63) is 48.3 Å². The molecule has 0 unspecified atom stereocenters. The predicted molar refractivity (Wildman–Crippen MR) is 88.1 cm³/mol. The first kappa shape index (κ1) is 16.0. The molecule has 0 saturated heterocycles. The van der Waals surface area contributed by atoms with Crippen LogP contribution in [-0.2, 0) is 0 Å². The molecule has 0 fully saturated rings. The summed E-state index contributed by atoms with van der Waals surface area (Å²) in [5.41, 5.74) is 2.52. The number of hydrogen-bond acceptors (Lipinski definition) is 3. The number of methoxy groups -OCH3 is 1. The monoisotopic (exact) mass is 298 g/mol. The Morgan fingerprint density at radius 3 is 2.59 bits per heavy atom. The number of carbonyl (C=O) groups is 1. The van der Waals surface area contributed by atoms with Gasteiger partial charge in [0, 0.05) is 24.5 Å². The van der Waals surface area contributed by atoms with Crippen LogP contribution in [0.15, 0.2) is 42.7 Å². The molecule has 0 aliphatic heterocycles. The third-order valence-electron chi connectivity index (χ3n) is 3.49. The molecule has 1 aromatic heterocycles. The zero-order valence-corrected chi connectivity index (χ0v) is 13.1. The summed E-state index contributed by atoms with van der Waals surface area (Å²) in [6.07, 6.45) is 6.64. The second-order valence-electron chi connectivity index (χ2n) is 5.15. The summed E-state index contributed by atoms with van der Waals surface area (Å²) in [6.45, 7) is 2.85. The highest BCUT2D eigenvalue weighted by Crippen LogP contribution is 2.22. The smallest absolute Gasteiger partial charge is 0.252 e. The van der Waals surface area contributed by atoms with E-state index in [1.165, 1.54) is 0 Å². The molecule has 1 amide bonds. The van der Waals surface area contributed by atoms with Crippen molar-refractivity contribution < 1.29 is 9.53 Å². The number of nitrogens with zero attached hydrogens (tertiary/aromatic N) is 1. The number of pyridine rings is 1. The van der Waals surface area contributed by atoms with Gasteiger partial charge >= 0.3 is 0 Å².